The lowest BCUT2D eigenvalue weighted by atomic mass is 9.96. The predicted octanol–water partition coefficient (Wildman–Crippen LogP) is 3.55. The SMILES string of the molecule is Cc1ccc(Cn2nc(C)c(CN3C[C@@H](C(F)(F)F)[C@H](C(=O)O)C3)c2C)cc1. The van der Waals surface area contributed by atoms with Gasteiger partial charge >= 0.3 is 12.1 Å². The summed E-state index contributed by atoms with van der Waals surface area (Å²) < 4.78 is 41.5. The van der Waals surface area contributed by atoms with E-state index in [1.165, 1.54) is 5.56 Å². The topological polar surface area (TPSA) is 58.4 Å². The highest BCUT2D eigenvalue weighted by Crippen LogP contribution is 2.38. The van der Waals surface area contributed by atoms with Gasteiger partial charge in [-0.1, -0.05) is 29.8 Å². The number of halogens is 3. The zero-order chi connectivity index (χ0) is 20.6. The molecule has 1 aliphatic rings. The molecule has 8 heteroatoms. The first-order valence-corrected chi connectivity index (χ1v) is 9.16. The van der Waals surface area contributed by atoms with Crippen LogP contribution in [0.25, 0.3) is 0 Å². The van der Waals surface area contributed by atoms with Crippen molar-refractivity contribution in [3.05, 3.63) is 52.3 Å². The summed E-state index contributed by atoms with van der Waals surface area (Å²) >= 11 is 0. The third-order valence-corrected chi connectivity index (χ3v) is 5.50. The molecule has 0 amide bonds. The van der Waals surface area contributed by atoms with Gasteiger partial charge in [0, 0.05) is 30.9 Å². The summed E-state index contributed by atoms with van der Waals surface area (Å²) in [6.07, 6.45) is -4.52. The zero-order valence-electron chi connectivity index (χ0n) is 16.1. The molecule has 0 radical (unpaired) electrons. The fourth-order valence-electron chi connectivity index (χ4n) is 3.80. The van der Waals surface area contributed by atoms with Gasteiger partial charge < -0.3 is 5.11 Å². The summed E-state index contributed by atoms with van der Waals surface area (Å²) in [5, 5.41) is 13.7. The van der Waals surface area contributed by atoms with Gasteiger partial charge in [-0.2, -0.15) is 18.3 Å². The molecule has 1 aromatic heterocycles. The second kappa shape index (κ2) is 7.58. The average Bonchev–Trinajstić information content (AvgIpc) is 3.14. The lowest BCUT2D eigenvalue weighted by molar-refractivity contribution is -0.188. The van der Waals surface area contributed by atoms with Crippen LogP contribution in [-0.2, 0) is 17.9 Å². The Morgan fingerprint density at radius 2 is 1.79 bits per heavy atom. The van der Waals surface area contributed by atoms with Crippen molar-refractivity contribution in [2.24, 2.45) is 11.8 Å². The Morgan fingerprint density at radius 1 is 1.14 bits per heavy atom. The van der Waals surface area contributed by atoms with Crippen molar-refractivity contribution in [2.75, 3.05) is 13.1 Å². The number of carbonyl (C=O) groups is 1. The molecule has 0 aliphatic carbocycles. The van der Waals surface area contributed by atoms with Crippen molar-refractivity contribution in [3.63, 3.8) is 0 Å². The maximum atomic E-state index is 13.2. The van der Waals surface area contributed by atoms with Crippen LogP contribution in [0.2, 0.25) is 0 Å². The molecule has 0 bridgehead atoms. The van der Waals surface area contributed by atoms with E-state index in [-0.39, 0.29) is 19.6 Å². The Hall–Kier alpha value is -2.35. The van der Waals surface area contributed by atoms with E-state index in [0.717, 1.165) is 22.5 Å². The third-order valence-electron chi connectivity index (χ3n) is 5.50. The van der Waals surface area contributed by atoms with Crippen LogP contribution >= 0.6 is 0 Å². The molecule has 5 nitrogen and oxygen atoms in total. The molecule has 1 fully saturated rings. The van der Waals surface area contributed by atoms with Gasteiger partial charge in [0.2, 0.25) is 0 Å². The first-order chi connectivity index (χ1) is 13.1. The summed E-state index contributed by atoms with van der Waals surface area (Å²) in [6, 6.07) is 8.10. The molecule has 1 aromatic carbocycles. The zero-order valence-corrected chi connectivity index (χ0v) is 16.1. The molecular weight excluding hydrogens is 371 g/mol. The number of carboxylic acids is 1. The maximum Gasteiger partial charge on any atom is 0.393 e. The van der Waals surface area contributed by atoms with Crippen molar-refractivity contribution < 1.29 is 23.1 Å². The van der Waals surface area contributed by atoms with E-state index in [0.29, 0.717) is 6.54 Å². The van der Waals surface area contributed by atoms with E-state index < -0.39 is 24.0 Å². The number of rotatable bonds is 5. The maximum absolute atomic E-state index is 13.2. The number of carboxylic acid groups (broad SMARTS) is 1. The van der Waals surface area contributed by atoms with Gasteiger partial charge in [0.1, 0.15) is 0 Å². The second-order valence-corrected chi connectivity index (χ2v) is 7.58. The smallest absolute Gasteiger partial charge is 0.393 e. The molecule has 2 atom stereocenters. The lowest BCUT2D eigenvalue weighted by Gasteiger charge is -2.18. The molecule has 28 heavy (non-hydrogen) atoms. The number of hydrogen-bond donors (Lipinski definition) is 1. The molecule has 3 rings (SSSR count). The first-order valence-electron chi connectivity index (χ1n) is 9.16. The highest BCUT2D eigenvalue weighted by atomic mass is 19.4. The van der Waals surface area contributed by atoms with Gasteiger partial charge in [-0.15, -0.1) is 0 Å². The van der Waals surface area contributed by atoms with Gasteiger partial charge in [0.05, 0.1) is 24.1 Å². The number of benzene rings is 1. The molecule has 1 saturated heterocycles. The minimum atomic E-state index is -4.52. The van der Waals surface area contributed by atoms with Crippen LogP contribution in [0.15, 0.2) is 24.3 Å². The number of likely N-dealkylation sites (tertiary alicyclic amines) is 1. The van der Waals surface area contributed by atoms with Crippen LogP contribution in [0.3, 0.4) is 0 Å². The molecule has 0 unspecified atom stereocenters. The summed E-state index contributed by atoms with van der Waals surface area (Å²) in [6.45, 7) is 6.18. The van der Waals surface area contributed by atoms with E-state index in [9.17, 15) is 23.1 Å². The van der Waals surface area contributed by atoms with E-state index in [1.807, 2.05) is 49.7 Å². The molecule has 2 aromatic rings. The van der Waals surface area contributed by atoms with Crippen molar-refractivity contribution >= 4 is 5.97 Å². The van der Waals surface area contributed by atoms with Crippen molar-refractivity contribution in [3.8, 4) is 0 Å². The predicted molar refractivity (Wildman–Crippen MR) is 97.9 cm³/mol. The number of aryl methyl sites for hydroxylation is 2. The van der Waals surface area contributed by atoms with Gasteiger partial charge in [-0.3, -0.25) is 14.4 Å². The molecule has 152 valence electrons. The number of hydrogen-bond acceptors (Lipinski definition) is 3. The highest BCUT2D eigenvalue weighted by molar-refractivity contribution is 5.71. The Balaban J connectivity index is 1.77. The summed E-state index contributed by atoms with van der Waals surface area (Å²) in [5.41, 5.74) is 4.76. The van der Waals surface area contributed by atoms with Gasteiger partial charge in [0.25, 0.3) is 0 Å². The minimum absolute atomic E-state index is 0.110. The van der Waals surface area contributed by atoms with Gasteiger partial charge in [0.15, 0.2) is 0 Å². The monoisotopic (exact) mass is 395 g/mol. The van der Waals surface area contributed by atoms with E-state index in [2.05, 4.69) is 5.10 Å². The van der Waals surface area contributed by atoms with Crippen molar-refractivity contribution in [1.29, 1.82) is 0 Å². The number of aromatic nitrogens is 2. The normalized spacial score (nSPS) is 20.6. The molecular formula is C20H24F3N3O2. The van der Waals surface area contributed by atoms with Crippen molar-refractivity contribution in [2.45, 2.75) is 40.0 Å². The summed E-state index contributed by atoms with van der Waals surface area (Å²) in [5.74, 6) is -4.66. The number of nitrogens with zero attached hydrogens (tertiary/aromatic N) is 3. The fraction of sp³-hybridized carbons (Fsp3) is 0.500. The lowest BCUT2D eigenvalue weighted by Crippen LogP contribution is -2.33. The van der Waals surface area contributed by atoms with Gasteiger partial charge in [-0.05, 0) is 26.3 Å². The third kappa shape index (κ3) is 4.22. The Bertz CT molecular complexity index is 859. The summed E-state index contributed by atoms with van der Waals surface area (Å²) in [4.78, 5) is 12.9. The second-order valence-electron chi connectivity index (χ2n) is 7.58. The molecule has 0 spiro atoms. The molecule has 2 heterocycles. The molecule has 0 saturated carbocycles. The van der Waals surface area contributed by atoms with E-state index in [1.54, 1.807) is 4.90 Å². The van der Waals surface area contributed by atoms with Crippen LogP contribution in [-0.4, -0.2) is 45.0 Å². The average molecular weight is 395 g/mol. The van der Waals surface area contributed by atoms with Crippen LogP contribution in [0, 0.1) is 32.6 Å². The highest BCUT2D eigenvalue weighted by Gasteiger charge is 2.52. The Labute approximate surface area is 161 Å². The Morgan fingerprint density at radius 3 is 2.32 bits per heavy atom. The van der Waals surface area contributed by atoms with Crippen LogP contribution < -0.4 is 0 Å². The van der Waals surface area contributed by atoms with Crippen LogP contribution in [0.1, 0.15) is 28.1 Å². The Kier molecular flexibility index (Phi) is 5.52. The molecule has 1 N–H and O–H groups in total. The van der Waals surface area contributed by atoms with Crippen LogP contribution in [0.4, 0.5) is 13.2 Å². The largest absolute Gasteiger partial charge is 0.481 e. The summed E-state index contributed by atoms with van der Waals surface area (Å²) in [7, 11) is 0. The quantitative estimate of drug-likeness (QED) is 0.841. The van der Waals surface area contributed by atoms with Crippen molar-refractivity contribution in [1.82, 2.24) is 14.7 Å². The van der Waals surface area contributed by atoms with Gasteiger partial charge in [-0.25, -0.2) is 0 Å². The number of aliphatic carboxylic acids is 1. The standard InChI is InChI=1S/C20H24F3N3O2/c1-12-4-6-15(7-5-12)8-26-14(3)16(13(2)24-26)9-25-10-17(19(27)28)18(11-25)20(21,22)23/h4-7,17-18H,8-11H2,1-3H3,(H,27,28)/t17-,18-/m1/s1. The van der Waals surface area contributed by atoms with E-state index in [4.69, 9.17) is 0 Å². The fourth-order valence-corrected chi connectivity index (χ4v) is 3.80. The first kappa shape index (κ1) is 20.4. The van der Waals surface area contributed by atoms with E-state index >= 15 is 0 Å². The van der Waals surface area contributed by atoms with Crippen LogP contribution in [0.5, 0.6) is 0 Å². The minimum Gasteiger partial charge on any atom is -0.481 e. The number of alkyl halides is 3. The molecule has 1 aliphatic heterocycles.